The molecule has 1 aliphatic rings. The predicted octanol–water partition coefficient (Wildman–Crippen LogP) is 3.70. The van der Waals surface area contributed by atoms with Gasteiger partial charge in [0.25, 0.3) is 0 Å². The number of aromatic nitrogens is 1. The molecule has 1 N–H and O–H groups in total. The normalized spacial score (nSPS) is 24.8. The largest absolute Gasteiger partial charge is 0.358 e. The third kappa shape index (κ3) is 2.86. The molecule has 2 heterocycles. The van der Waals surface area contributed by atoms with Crippen molar-refractivity contribution in [3.05, 3.63) is 23.2 Å². The van der Waals surface area contributed by atoms with Gasteiger partial charge in [0.1, 0.15) is 0 Å². The molecule has 1 fully saturated rings. The Hall–Kier alpha value is -0.840. The number of benzene rings is 1. The van der Waals surface area contributed by atoms with Crippen LogP contribution in [0.2, 0.25) is 5.02 Å². The lowest BCUT2D eigenvalue weighted by Crippen LogP contribution is -2.43. The first-order chi connectivity index (χ1) is 9.11. The third-order valence-corrected chi connectivity index (χ3v) is 4.95. The number of thiazole rings is 1. The van der Waals surface area contributed by atoms with Gasteiger partial charge in [0, 0.05) is 17.6 Å². The van der Waals surface area contributed by atoms with Crippen molar-refractivity contribution in [1.82, 2.24) is 9.88 Å². The standard InChI is InChI=1S/C14H18ClN3S/c1-9-8-18(2)6-5-11(9)16-14-17-12-4-3-10(15)7-13(12)19-14/h3-4,7,9,11H,5-6,8H2,1-2H3,(H,16,17). The van der Waals surface area contributed by atoms with Gasteiger partial charge in [-0.3, -0.25) is 0 Å². The zero-order valence-electron chi connectivity index (χ0n) is 11.2. The highest BCUT2D eigenvalue weighted by molar-refractivity contribution is 7.22. The summed E-state index contributed by atoms with van der Waals surface area (Å²) in [4.78, 5) is 7.03. The molecule has 5 heteroatoms. The van der Waals surface area contributed by atoms with E-state index in [2.05, 4.69) is 29.2 Å². The number of fused-ring (bicyclic) bond motifs is 1. The zero-order chi connectivity index (χ0) is 13.4. The van der Waals surface area contributed by atoms with Crippen molar-refractivity contribution in [2.24, 2.45) is 5.92 Å². The quantitative estimate of drug-likeness (QED) is 0.915. The van der Waals surface area contributed by atoms with Gasteiger partial charge in [-0.05, 0) is 44.1 Å². The van der Waals surface area contributed by atoms with Crippen molar-refractivity contribution in [3.63, 3.8) is 0 Å². The predicted molar refractivity (Wildman–Crippen MR) is 83.3 cm³/mol. The Bertz CT molecular complexity index is 583. The van der Waals surface area contributed by atoms with Crippen LogP contribution in [0, 0.1) is 5.92 Å². The Morgan fingerprint density at radius 1 is 1.47 bits per heavy atom. The van der Waals surface area contributed by atoms with Crippen LogP contribution in [0.4, 0.5) is 5.13 Å². The second kappa shape index (κ2) is 5.27. The maximum absolute atomic E-state index is 6.01. The van der Waals surface area contributed by atoms with E-state index in [0.29, 0.717) is 12.0 Å². The number of anilines is 1. The average Bonchev–Trinajstić information content (AvgIpc) is 2.74. The number of nitrogens with one attached hydrogen (secondary N) is 1. The monoisotopic (exact) mass is 295 g/mol. The van der Waals surface area contributed by atoms with Gasteiger partial charge in [-0.25, -0.2) is 4.98 Å². The SMILES string of the molecule is CC1CN(C)CCC1Nc1nc2ccc(Cl)cc2s1. The van der Waals surface area contributed by atoms with Gasteiger partial charge in [0.05, 0.1) is 10.2 Å². The topological polar surface area (TPSA) is 28.2 Å². The van der Waals surface area contributed by atoms with Gasteiger partial charge in [-0.1, -0.05) is 29.9 Å². The number of piperidine rings is 1. The summed E-state index contributed by atoms with van der Waals surface area (Å²) < 4.78 is 1.15. The molecule has 2 aromatic rings. The van der Waals surface area contributed by atoms with Crippen LogP contribution in [0.5, 0.6) is 0 Å². The van der Waals surface area contributed by atoms with Crippen molar-refractivity contribution in [3.8, 4) is 0 Å². The Kier molecular flexibility index (Phi) is 3.65. The molecule has 0 aliphatic carbocycles. The number of nitrogens with zero attached hydrogens (tertiary/aromatic N) is 2. The van der Waals surface area contributed by atoms with Gasteiger partial charge in [-0.15, -0.1) is 0 Å². The molecule has 1 aromatic carbocycles. The molecule has 0 bridgehead atoms. The molecule has 2 unspecified atom stereocenters. The van der Waals surface area contributed by atoms with Crippen LogP contribution >= 0.6 is 22.9 Å². The summed E-state index contributed by atoms with van der Waals surface area (Å²) in [6.45, 7) is 4.60. The van der Waals surface area contributed by atoms with Crippen molar-refractivity contribution in [2.45, 2.75) is 19.4 Å². The van der Waals surface area contributed by atoms with E-state index in [4.69, 9.17) is 11.6 Å². The Morgan fingerprint density at radius 3 is 3.11 bits per heavy atom. The van der Waals surface area contributed by atoms with Crippen molar-refractivity contribution in [2.75, 3.05) is 25.5 Å². The van der Waals surface area contributed by atoms with Gasteiger partial charge >= 0.3 is 0 Å². The molecule has 3 nitrogen and oxygen atoms in total. The maximum atomic E-state index is 6.01. The highest BCUT2D eigenvalue weighted by Gasteiger charge is 2.24. The summed E-state index contributed by atoms with van der Waals surface area (Å²) in [6.07, 6.45) is 1.17. The summed E-state index contributed by atoms with van der Waals surface area (Å²) >= 11 is 7.70. The first-order valence-electron chi connectivity index (χ1n) is 6.63. The van der Waals surface area contributed by atoms with Crippen LogP contribution in [0.25, 0.3) is 10.2 Å². The van der Waals surface area contributed by atoms with E-state index in [9.17, 15) is 0 Å². The fourth-order valence-corrected chi connectivity index (χ4v) is 3.89. The van der Waals surface area contributed by atoms with Gasteiger partial charge in [-0.2, -0.15) is 0 Å². The van der Waals surface area contributed by atoms with Crippen molar-refractivity contribution in [1.29, 1.82) is 0 Å². The zero-order valence-corrected chi connectivity index (χ0v) is 12.8. The van der Waals surface area contributed by atoms with E-state index in [1.54, 1.807) is 11.3 Å². The maximum Gasteiger partial charge on any atom is 0.184 e. The molecule has 3 rings (SSSR count). The minimum atomic E-state index is 0.521. The van der Waals surface area contributed by atoms with Crippen LogP contribution in [0.3, 0.4) is 0 Å². The van der Waals surface area contributed by atoms with Crippen LogP contribution in [0.1, 0.15) is 13.3 Å². The number of halogens is 1. The van der Waals surface area contributed by atoms with Crippen LogP contribution < -0.4 is 5.32 Å². The van der Waals surface area contributed by atoms with Crippen LogP contribution in [-0.2, 0) is 0 Å². The van der Waals surface area contributed by atoms with E-state index in [-0.39, 0.29) is 0 Å². The van der Waals surface area contributed by atoms with E-state index in [1.807, 2.05) is 18.2 Å². The lowest BCUT2D eigenvalue weighted by atomic mass is 9.94. The summed E-state index contributed by atoms with van der Waals surface area (Å²) in [5, 5.41) is 5.38. The number of hydrogen-bond donors (Lipinski definition) is 1. The minimum absolute atomic E-state index is 0.521. The summed E-state index contributed by atoms with van der Waals surface area (Å²) in [5.41, 5.74) is 1.03. The molecule has 1 saturated heterocycles. The second-order valence-electron chi connectivity index (χ2n) is 5.41. The van der Waals surface area contributed by atoms with Crippen molar-refractivity contribution >= 4 is 38.3 Å². The summed E-state index contributed by atoms with van der Waals surface area (Å²) in [6, 6.07) is 6.38. The molecule has 102 valence electrons. The van der Waals surface area contributed by atoms with Crippen LogP contribution in [-0.4, -0.2) is 36.1 Å². The Labute approximate surface area is 122 Å². The number of hydrogen-bond acceptors (Lipinski definition) is 4. The molecule has 19 heavy (non-hydrogen) atoms. The highest BCUT2D eigenvalue weighted by Crippen LogP contribution is 2.30. The molecule has 0 spiro atoms. The number of likely N-dealkylation sites (tertiary alicyclic amines) is 1. The van der Waals surface area contributed by atoms with E-state index in [0.717, 1.165) is 33.5 Å². The molecular weight excluding hydrogens is 278 g/mol. The summed E-state index contributed by atoms with van der Waals surface area (Å²) in [7, 11) is 2.19. The molecule has 0 radical (unpaired) electrons. The minimum Gasteiger partial charge on any atom is -0.358 e. The second-order valence-corrected chi connectivity index (χ2v) is 6.88. The van der Waals surface area contributed by atoms with Gasteiger partial charge in [0.2, 0.25) is 0 Å². The van der Waals surface area contributed by atoms with Crippen molar-refractivity contribution < 1.29 is 0 Å². The van der Waals surface area contributed by atoms with E-state index in [1.165, 1.54) is 6.42 Å². The molecule has 0 saturated carbocycles. The Morgan fingerprint density at radius 2 is 2.32 bits per heavy atom. The fraction of sp³-hybridized carbons (Fsp3) is 0.500. The first-order valence-corrected chi connectivity index (χ1v) is 7.82. The van der Waals surface area contributed by atoms with Gasteiger partial charge < -0.3 is 10.2 Å². The van der Waals surface area contributed by atoms with Gasteiger partial charge in [0.15, 0.2) is 5.13 Å². The molecule has 1 aliphatic heterocycles. The van der Waals surface area contributed by atoms with Crippen LogP contribution in [0.15, 0.2) is 18.2 Å². The van der Waals surface area contributed by atoms with E-state index < -0.39 is 0 Å². The first kappa shape index (κ1) is 13.2. The lowest BCUT2D eigenvalue weighted by molar-refractivity contribution is 0.206. The smallest absolute Gasteiger partial charge is 0.184 e. The summed E-state index contributed by atoms with van der Waals surface area (Å²) in [5.74, 6) is 0.648. The van der Waals surface area contributed by atoms with E-state index >= 15 is 0 Å². The lowest BCUT2D eigenvalue weighted by Gasteiger charge is -2.35. The molecular formula is C14H18ClN3S. The Balaban J connectivity index is 1.77. The third-order valence-electron chi connectivity index (χ3n) is 3.77. The number of rotatable bonds is 2. The average molecular weight is 296 g/mol. The molecule has 0 amide bonds. The molecule has 2 atom stereocenters. The molecule has 1 aromatic heterocycles. The highest BCUT2D eigenvalue weighted by atomic mass is 35.5. The fourth-order valence-electron chi connectivity index (χ4n) is 2.69.